The molecular weight excluding hydrogens is 380 g/mol. The third kappa shape index (κ3) is 3.92. The van der Waals surface area contributed by atoms with Gasteiger partial charge in [0.25, 0.3) is 5.91 Å². The van der Waals surface area contributed by atoms with E-state index in [1.165, 1.54) is 4.88 Å². The first-order valence-corrected chi connectivity index (χ1v) is 10.9. The van der Waals surface area contributed by atoms with Gasteiger partial charge in [0.15, 0.2) is 0 Å². The van der Waals surface area contributed by atoms with Gasteiger partial charge in [-0.3, -0.25) is 9.59 Å². The van der Waals surface area contributed by atoms with E-state index in [1.807, 2.05) is 63.2 Å². The SMILES string of the molecule is CC(C)(C)C(=O)Nc1sc2c(c1C(=O)Nc1cccc3ccccc13)CCCC2. The summed E-state index contributed by atoms with van der Waals surface area (Å²) >= 11 is 1.56. The summed E-state index contributed by atoms with van der Waals surface area (Å²) in [6.07, 6.45) is 4.06. The topological polar surface area (TPSA) is 58.2 Å². The van der Waals surface area contributed by atoms with Gasteiger partial charge in [-0.25, -0.2) is 0 Å². The summed E-state index contributed by atoms with van der Waals surface area (Å²) < 4.78 is 0. The first-order valence-electron chi connectivity index (χ1n) is 10.1. The molecule has 0 atom stereocenters. The van der Waals surface area contributed by atoms with E-state index < -0.39 is 5.41 Å². The predicted molar refractivity (Wildman–Crippen MR) is 121 cm³/mol. The van der Waals surface area contributed by atoms with Gasteiger partial charge in [0, 0.05) is 21.4 Å². The number of carbonyl (C=O) groups excluding carboxylic acids is 2. The average molecular weight is 407 g/mol. The fourth-order valence-electron chi connectivity index (χ4n) is 3.70. The summed E-state index contributed by atoms with van der Waals surface area (Å²) in [6, 6.07) is 13.9. The third-order valence-electron chi connectivity index (χ3n) is 5.34. The van der Waals surface area contributed by atoms with Crippen molar-refractivity contribution in [1.29, 1.82) is 0 Å². The number of rotatable bonds is 3. The molecule has 29 heavy (non-hydrogen) atoms. The molecule has 1 aliphatic rings. The van der Waals surface area contributed by atoms with Crippen LogP contribution in [0.1, 0.15) is 54.4 Å². The molecule has 0 aliphatic heterocycles. The van der Waals surface area contributed by atoms with E-state index in [-0.39, 0.29) is 11.8 Å². The highest BCUT2D eigenvalue weighted by atomic mass is 32.1. The molecule has 0 bridgehead atoms. The fraction of sp³-hybridized carbons (Fsp3) is 0.333. The lowest BCUT2D eigenvalue weighted by molar-refractivity contribution is -0.123. The van der Waals surface area contributed by atoms with Gasteiger partial charge in [-0.2, -0.15) is 0 Å². The van der Waals surface area contributed by atoms with Crippen molar-refractivity contribution in [3.63, 3.8) is 0 Å². The van der Waals surface area contributed by atoms with E-state index >= 15 is 0 Å². The van der Waals surface area contributed by atoms with Crippen LogP contribution in [-0.4, -0.2) is 11.8 Å². The lowest BCUT2D eigenvalue weighted by atomic mass is 9.94. The number of benzene rings is 2. The standard InChI is InChI=1S/C24H26N2O2S/c1-24(2,3)23(28)26-22-20(17-12-6-7-14-19(17)29-22)21(27)25-18-13-8-10-15-9-4-5-11-16(15)18/h4-5,8-11,13H,6-7,12,14H2,1-3H3,(H,25,27)(H,26,28). The molecule has 5 heteroatoms. The van der Waals surface area contributed by atoms with Crippen LogP contribution in [0.4, 0.5) is 10.7 Å². The van der Waals surface area contributed by atoms with Crippen molar-refractivity contribution < 1.29 is 9.59 Å². The van der Waals surface area contributed by atoms with Gasteiger partial charge in [-0.15, -0.1) is 11.3 Å². The Bertz CT molecular complexity index is 1090. The number of hydrogen-bond donors (Lipinski definition) is 2. The van der Waals surface area contributed by atoms with Crippen LogP contribution in [0.2, 0.25) is 0 Å². The zero-order valence-electron chi connectivity index (χ0n) is 17.1. The molecule has 3 aromatic rings. The summed E-state index contributed by atoms with van der Waals surface area (Å²) in [5.41, 5.74) is 2.00. The van der Waals surface area contributed by atoms with Crippen molar-refractivity contribution in [1.82, 2.24) is 0 Å². The van der Waals surface area contributed by atoms with Crippen LogP contribution in [0.3, 0.4) is 0 Å². The third-order valence-corrected chi connectivity index (χ3v) is 6.55. The first-order chi connectivity index (χ1) is 13.8. The van der Waals surface area contributed by atoms with Crippen molar-refractivity contribution >= 4 is 44.6 Å². The second-order valence-electron chi connectivity index (χ2n) is 8.60. The molecule has 1 aromatic heterocycles. The van der Waals surface area contributed by atoms with Gasteiger partial charge in [-0.1, -0.05) is 57.2 Å². The van der Waals surface area contributed by atoms with Gasteiger partial charge in [0.05, 0.1) is 5.56 Å². The maximum Gasteiger partial charge on any atom is 0.258 e. The van der Waals surface area contributed by atoms with Crippen LogP contribution in [0.5, 0.6) is 0 Å². The quantitative estimate of drug-likeness (QED) is 0.559. The number of fused-ring (bicyclic) bond motifs is 2. The second kappa shape index (κ2) is 7.64. The van der Waals surface area contributed by atoms with Crippen LogP contribution >= 0.6 is 11.3 Å². The number of amides is 2. The minimum Gasteiger partial charge on any atom is -0.321 e. The smallest absolute Gasteiger partial charge is 0.258 e. The lowest BCUT2D eigenvalue weighted by Crippen LogP contribution is -2.28. The van der Waals surface area contributed by atoms with E-state index in [1.54, 1.807) is 11.3 Å². The average Bonchev–Trinajstić information content (AvgIpc) is 3.05. The summed E-state index contributed by atoms with van der Waals surface area (Å²) in [6.45, 7) is 5.64. The minimum absolute atomic E-state index is 0.0738. The summed E-state index contributed by atoms with van der Waals surface area (Å²) in [7, 11) is 0. The van der Waals surface area contributed by atoms with Gasteiger partial charge in [-0.05, 0) is 42.7 Å². The van der Waals surface area contributed by atoms with Crippen molar-refractivity contribution in [2.45, 2.75) is 46.5 Å². The molecule has 1 aliphatic carbocycles. The van der Waals surface area contributed by atoms with Crippen molar-refractivity contribution in [3.05, 3.63) is 58.5 Å². The number of carbonyl (C=O) groups is 2. The van der Waals surface area contributed by atoms with E-state index in [9.17, 15) is 9.59 Å². The van der Waals surface area contributed by atoms with E-state index in [2.05, 4.69) is 10.6 Å². The highest BCUT2D eigenvalue weighted by Gasteiger charge is 2.29. The molecule has 150 valence electrons. The van der Waals surface area contributed by atoms with Gasteiger partial charge in [0.2, 0.25) is 5.91 Å². The van der Waals surface area contributed by atoms with Crippen LogP contribution in [0.15, 0.2) is 42.5 Å². The first kappa shape index (κ1) is 19.6. The Morgan fingerprint density at radius 2 is 1.66 bits per heavy atom. The molecule has 2 amide bonds. The fourth-order valence-corrected chi connectivity index (χ4v) is 4.99. The number of aryl methyl sites for hydroxylation is 1. The Kier molecular flexibility index (Phi) is 5.17. The van der Waals surface area contributed by atoms with E-state index in [0.29, 0.717) is 10.6 Å². The zero-order chi connectivity index (χ0) is 20.6. The summed E-state index contributed by atoms with van der Waals surface area (Å²) in [5, 5.41) is 8.90. The number of anilines is 2. The van der Waals surface area contributed by atoms with Crippen LogP contribution in [0.25, 0.3) is 10.8 Å². The maximum atomic E-state index is 13.4. The Morgan fingerprint density at radius 1 is 0.931 bits per heavy atom. The molecule has 0 unspecified atom stereocenters. The van der Waals surface area contributed by atoms with Crippen LogP contribution in [0, 0.1) is 5.41 Å². The lowest BCUT2D eigenvalue weighted by Gasteiger charge is -2.18. The Morgan fingerprint density at radius 3 is 2.45 bits per heavy atom. The van der Waals surface area contributed by atoms with Gasteiger partial charge in [0.1, 0.15) is 5.00 Å². The number of hydrogen-bond acceptors (Lipinski definition) is 3. The maximum absolute atomic E-state index is 13.4. The van der Waals surface area contributed by atoms with Gasteiger partial charge < -0.3 is 10.6 Å². The van der Waals surface area contributed by atoms with E-state index in [0.717, 1.165) is 47.7 Å². The monoisotopic (exact) mass is 406 g/mol. The normalized spacial score (nSPS) is 13.8. The van der Waals surface area contributed by atoms with E-state index in [4.69, 9.17) is 0 Å². The molecular formula is C24H26N2O2S. The largest absolute Gasteiger partial charge is 0.321 e. The second-order valence-corrected chi connectivity index (χ2v) is 9.71. The predicted octanol–water partition coefficient (Wildman–Crippen LogP) is 6.02. The Labute approximate surface area is 175 Å². The molecule has 1 heterocycles. The minimum atomic E-state index is -0.520. The molecule has 0 saturated carbocycles. The van der Waals surface area contributed by atoms with Crippen molar-refractivity contribution in [3.8, 4) is 0 Å². The molecule has 0 fully saturated rings. The summed E-state index contributed by atoms with van der Waals surface area (Å²) in [4.78, 5) is 27.2. The number of thiophene rings is 1. The van der Waals surface area contributed by atoms with Crippen LogP contribution in [-0.2, 0) is 17.6 Å². The number of nitrogens with one attached hydrogen (secondary N) is 2. The van der Waals surface area contributed by atoms with Crippen molar-refractivity contribution in [2.75, 3.05) is 10.6 Å². The highest BCUT2D eigenvalue weighted by molar-refractivity contribution is 7.17. The highest BCUT2D eigenvalue weighted by Crippen LogP contribution is 2.39. The zero-order valence-corrected chi connectivity index (χ0v) is 17.9. The molecule has 0 radical (unpaired) electrons. The Hall–Kier alpha value is -2.66. The molecule has 4 nitrogen and oxygen atoms in total. The molecule has 2 aromatic carbocycles. The molecule has 2 N–H and O–H groups in total. The van der Waals surface area contributed by atoms with Gasteiger partial charge >= 0.3 is 0 Å². The van der Waals surface area contributed by atoms with Crippen molar-refractivity contribution in [2.24, 2.45) is 5.41 Å². The summed E-state index contributed by atoms with van der Waals surface area (Å²) in [5.74, 6) is -0.222. The molecule has 4 rings (SSSR count). The Balaban J connectivity index is 1.72. The molecule has 0 spiro atoms. The molecule has 0 saturated heterocycles. The van der Waals surface area contributed by atoms with Crippen LogP contribution < -0.4 is 10.6 Å².